The largest absolute Gasteiger partial charge is 0.353 e. The molecule has 2 heterocycles. The first-order valence-electron chi connectivity index (χ1n) is 9.96. The van der Waals surface area contributed by atoms with E-state index in [-0.39, 0.29) is 11.9 Å². The van der Waals surface area contributed by atoms with E-state index in [1.165, 1.54) is 12.8 Å². The maximum atomic E-state index is 12.7. The Kier molecular flexibility index (Phi) is 5.68. The lowest BCUT2D eigenvalue weighted by molar-refractivity contribution is -0.121. The monoisotopic (exact) mass is 420 g/mol. The molecule has 1 saturated heterocycles. The van der Waals surface area contributed by atoms with Crippen molar-refractivity contribution in [3.63, 3.8) is 0 Å². The van der Waals surface area contributed by atoms with E-state index in [4.69, 9.17) is 23.2 Å². The second-order valence-corrected chi connectivity index (χ2v) is 8.76. The number of hydrogen-bond donors (Lipinski definition) is 1. The third kappa shape index (κ3) is 4.22. The first kappa shape index (κ1) is 19.7. The van der Waals surface area contributed by atoms with Gasteiger partial charge in [0.15, 0.2) is 0 Å². The Bertz CT molecular complexity index is 883. The quantitative estimate of drug-likeness (QED) is 0.792. The third-order valence-electron chi connectivity index (χ3n) is 5.88. The fourth-order valence-corrected chi connectivity index (χ4v) is 4.38. The van der Waals surface area contributed by atoms with Gasteiger partial charge in [-0.1, -0.05) is 23.2 Å². The summed E-state index contributed by atoms with van der Waals surface area (Å²) in [7, 11) is 0. The van der Waals surface area contributed by atoms with E-state index < -0.39 is 0 Å². The van der Waals surface area contributed by atoms with Crippen LogP contribution in [0.15, 0.2) is 18.2 Å². The molecular weight excluding hydrogens is 395 g/mol. The Morgan fingerprint density at radius 2 is 1.86 bits per heavy atom. The molecule has 0 radical (unpaired) electrons. The molecule has 1 aliphatic heterocycles. The zero-order valence-corrected chi connectivity index (χ0v) is 17.9. The van der Waals surface area contributed by atoms with Gasteiger partial charge in [0.2, 0.25) is 5.91 Å². The predicted octanol–water partition coefficient (Wildman–Crippen LogP) is 4.08. The van der Waals surface area contributed by atoms with Gasteiger partial charge >= 0.3 is 0 Å². The van der Waals surface area contributed by atoms with Crippen LogP contribution in [0.2, 0.25) is 10.0 Å². The molecule has 2 aliphatic rings. The summed E-state index contributed by atoms with van der Waals surface area (Å²) in [6, 6.07) is 6.53. The fourth-order valence-electron chi connectivity index (χ4n) is 4.09. The number of piperidine rings is 1. The van der Waals surface area contributed by atoms with Gasteiger partial charge in [-0.3, -0.25) is 4.79 Å². The van der Waals surface area contributed by atoms with Gasteiger partial charge in [0.05, 0.1) is 27.8 Å². The Labute approximate surface area is 176 Å². The molecule has 1 aliphatic carbocycles. The zero-order valence-electron chi connectivity index (χ0n) is 16.3. The molecule has 0 bridgehead atoms. The third-order valence-corrected chi connectivity index (χ3v) is 6.62. The van der Waals surface area contributed by atoms with Crippen LogP contribution in [0.5, 0.6) is 0 Å². The van der Waals surface area contributed by atoms with Crippen molar-refractivity contribution in [1.82, 2.24) is 20.0 Å². The lowest BCUT2D eigenvalue weighted by Crippen LogP contribution is -2.45. The van der Waals surface area contributed by atoms with Crippen molar-refractivity contribution in [2.24, 2.45) is 0 Å². The molecule has 2 aromatic rings. The van der Waals surface area contributed by atoms with E-state index in [1.807, 2.05) is 24.6 Å². The second kappa shape index (κ2) is 8.05. The Morgan fingerprint density at radius 3 is 2.50 bits per heavy atom. The van der Waals surface area contributed by atoms with E-state index in [1.54, 1.807) is 12.1 Å². The number of aromatic nitrogens is 2. The smallest absolute Gasteiger partial charge is 0.224 e. The summed E-state index contributed by atoms with van der Waals surface area (Å²) in [5.41, 5.74) is 3.63. The number of carbonyl (C=O) groups is 1. The van der Waals surface area contributed by atoms with Gasteiger partial charge in [0, 0.05) is 36.4 Å². The molecule has 0 unspecified atom stereocenters. The first-order valence-corrected chi connectivity index (χ1v) is 10.7. The van der Waals surface area contributed by atoms with E-state index >= 15 is 0 Å². The topological polar surface area (TPSA) is 50.2 Å². The molecule has 2 fully saturated rings. The van der Waals surface area contributed by atoms with Crippen LogP contribution >= 0.6 is 23.2 Å². The average Bonchev–Trinajstić information content (AvgIpc) is 3.48. The number of nitrogens with one attached hydrogen (secondary N) is 1. The van der Waals surface area contributed by atoms with Gasteiger partial charge in [0.25, 0.3) is 0 Å². The summed E-state index contributed by atoms with van der Waals surface area (Å²) in [6.07, 6.45) is 5.13. The minimum atomic E-state index is 0.0739. The van der Waals surface area contributed by atoms with E-state index in [0.717, 1.165) is 54.6 Å². The Hall–Kier alpha value is -1.56. The highest BCUT2D eigenvalue weighted by Gasteiger charge is 2.32. The lowest BCUT2D eigenvalue weighted by atomic mass is 10.0. The van der Waals surface area contributed by atoms with Gasteiger partial charge < -0.3 is 10.2 Å². The minimum Gasteiger partial charge on any atom is -0.353 e. The first-order chi connectivity index (χ1) is 13.4. The van der Waals surface area contributed by atoms with E-state index in [2.05, 4.69) is 15.3 Å². The molecule has 1 amide bonds. The molecule has 28 heavy (non-hydrogen) atoms. The number of carbonyl (C=O) groups excluding carboxylic acids is 1. The maximum Gasteiger partial charge on any atom is 0.224 e. The van der Waals surface area contributed by atoms with E-state index in [9.17, 15) is 4.79 Å². The Morgan fingerprint density at radius 1 is 1.14 bits per heavy atom. The number of halogens is 2. The highest BCUT2D eigenvalue weighted by atomic mass is 35.5. The number of benzene rings is 1. The number of hydrogen-bond acceptors (Lipinski definition) is 3. The van der Waals surface area contributed by atoms with Crippen LogP contribution in [0.3, 0.4) is 0 Å². The number of rotatable bonds is 5. The molecule has 1 aromatic carbocycles. The molecule has 4 rings (SSSR count). The summed E-state index contributed by atoms with van der Waals surface area (Å²) in [5.74, 6) is 0.0739. The van der Waals surface area contributed by atoms with Crippen molar-refractivity contribution < 1.29 is 4.79 Å². The second-order valence-electron chi connectivity index (χ2n) is 7.95. The van der Waals surface area contributed by atoms with Crippen molar-refractivity contribution in [1.29, 1.82) is 0 Å². The maximum absolute atomic E-state index is 12.7. The van der Waals surface area contributed by atoms with Crippen LogP contribution in [0, 0.1) is 13.8 Å². The lowest BCUT2D eigenvalue weighted by Gasteiger charge is -2.32. The van der Waals surface area contributed by atoms with Crippen molar-refractivity contribution in [3.8, 4) is 5.69 Å². The zero-order chi connectivity index (χ0) is 19.8. The van der Waals surface area contributed by atoms with Gasteiger partial charge in [0.1, 0.15) is 0 Å². The highest BCUT2D eigenvalue weighted by Crippen LogP contribution is 2.29. The standard InChI is InChI=1S/C21H26Cl2N4O/c1-13-18(14(2)27(25-13)17-5-6-19(22)20(23)11-17)12-21(28)24-15-7-9-26(10-8-15)16-3-4-16/h5-6,11,15-16H,3-4,7-10,12H2,1-2H3,(H,24,28). The average molecular weight is 421 g/mol. The van der Waals surface area contributed by atoms with Gasteiger partial charge in [-0.2, -0.15) is 5.10 Å². The molecule has 5 nitrogen and oxygen atoms in total. The van der Waals surface area contributed by atoms with Crippen LogP contribution in [0.4, 0.5) is 0 Å². The molecular formula is C21H26Cl2N4O. The minimum absolute atomic E-state index is 0.0739. The highest BCUT2D eigenvalue weighted by molar-refractivity contribution is 6.42. The van der Waals surface area contributed by atoms with Crippen LogP contribution in [0.1, 0.15) is 42.6 Å². The molecule has 1 N–H and O–H groups in total. The van der Waals surface area contributed by atoms with Gasteiger partial charge in [-0.25, -0.2) is 4.68 Å². The van der Waals surface area contributed by atoms with Crippen LogP contribution in [-0.4, -0.2) is 45.8 Å². The molecule has 7 heteroatoms. The predicted molar refractivity (Wildman–Crippen MR) is 113 cm³/mol. The summed E-state index contributed by atoms with van der Waals surface area (Å²) in [6.45, 7) is 6.13. The number of nitrogens with zero attached hydrogens (tertiary/aromatic N) is 3. The van der Waals surface area contributed by atoms with Crippen LogP contribution in [0.25, 0.3) is 5.69 Å². The molecule has 0 spiro atoms. The van der Waals surface area contributed by atoms with Crippen molar-refractivity contribution in [2.45, 2.75) is 58.0 Å². The summed E-state index contributed by atoms with van der Waals surface area (Å²) < 4.78 is 1.83. The SMILES string of the molecule is Cc1nn(-c2ccc(Cl)c(Cl)c2)c(C)c1CC(=O)NC1CCN(C2CC2)CC1. The summed E-state index contributed by atoms with van der Waals surface area (Å²) in [4.78, 5) is 15.2. The Balaban J connectivity index is 1.41. The van der Waals surface area contributed by atoms with Crippen LogP contribution < -0.4 is 5.32 Å². The molecule has 150 valence electrons. The molecule has 1 aromatic heterocycles. The number of amides is 1. The van der Waals surface area contributed by atoms with Gasteiger partial charge in [-0.15, -0.1) is 0 Å². The summed E-state index contributed by atoms with van der Waals surface area (Å²) >= 11 is 12.2. The summed E-state index contributed by atoms with van der Waals surface area (Å²) in [5, 5.41) is 8.84. The molecule has 1 saturated carbocycles. The number of likely N-dealkylation sites (tertiary alicyclic amines) is 1. The fraction of sp³-hybridized carbons (Fsp3) is 0.524. The number of aryl methyl sites for hydroxylation is 1. The van der Waals surface area contributed by atoms with Crippen LogP contribution in [-0.2, 0) is 11.2 Å². The van der Waals surface area contributed by atoms with Crippen molar-refractivity contribution in [2.75, 3.05) is 13.1 Å². The van der Waals surface area contributed by atoms with Gasteiger partial charge in [-0.05, 0) is 57.7 Å². The van der Waals surface area contributed by atoms with Crippen molar-refractivity contribution in [3.05, 3.63) is 45.2 Å². The molecule has 0 atom stereocenters. The van der Waals surface area contributed by atoms with E-state index in [0.29, 0.717) is 16.5 Å². The van der Waals surface area contributed by atoms with Crippen molar-refractivity contribution >= 4 is 29.1 Å². The normalized spacial score (nSPS) is 18.4.